The van der Waals surface area contributed by atoms with E-state index >= 15 is 0 Å². The number of nitrogens with one attached hydrogen (secondary N) is 2. The largest absolute Gasteiger partial charge is 0.450 e. The monoisotopic (exact) mass is 429 g/mol. The van der Waals surface area contributed by atoms with Gasteiger partial charge in [-0.05, 0) is 50.3 Å². The maximum atomic E-state index is 12.5. The smallest absolute Gasteiger partial charge is 0.409 e. The fourth-order valence-electron chi connectivity index (χ4n) is 4.21. The summed E-state index contributed by atoms with van der Waals surface area (Å²) in [7, 11) is 0. The molecule has 8 heteroatoms. The lowest BCUT2D eigenvalue weighted by atomic mass is 9.88. The number of nitrogens with zero attached hydrogens (tertiary/aromatic N) is 2. The van der Waals surface area contributed by atoms with Gasteiger partial charge in [-0.1, -0.05) is 31.4 Å². The summed E-state index contributed by atoms with van der Waals surface area (Å²) in [5, 5.41) is 6.30. The molecule has 2 fully saturated rings. The van der Waals surface area contributed by atoms with Crippen LogP contribution in [0.15, 0.2) is 29.3 Å². The number of benzene rings is 1. The molecule has 4 N–H and O–H groups in total. The maximum Gasteiger partial charge on any atom is 0.409 e. The highest BCUT2D eigenvalue weighted by Crippen LogP contribution is 2.25. The van der Waals surface area contributed by atoms with Gasteiger partial charge in [0.1, 0.15) is 0 Å². The van der Waals surface area contributed by atoms with E-state index in [-0.39, 0.29) is 24.0 Å². The van der Waals surface area contributed by atoms with Crippen LogP contribution in [0.5, 0.6) is 0 Å². The van der Waals surface area contributed by atoms with Crippen molar-refractivity contribution in [2.45, 2.75) is 64.5 Å². The average Bonchev–Trinajstić information content (AvgIpc) is 2.79. The molecule has 170 valence electrons. The van der Waals surface area contributed by atoms with Gasteiger partial charge < -0.3 is 26.0 Å². The number of aliphatic imine (C=N–C) groups is 1. The van der Waals surface area contributed by atoms with Crippen LogP contribution in [-0.4, -0.2) is 48.6 Å². The normalized spacial score (nSPS) is 18.5. The van der Waals surface area contributed by atoms with Crippen molar-refractivity contribution in [3.63, 3.8) is 0 Å². The number of rotatable bonds is 6. The second-order valence-corrected chi connectivity index (χ2v) is 8.33. The molecular formula is C23H35N5O3. The lowest BCUT2D eigenvalue weighted by Gasteiger charge is -2.31. The van der Waals surface area contributed by atoms with E-state index in [9.17, 15) is 9.59 Å². The lowest BCUT2D eigenvalue weighted by Crippen LogP contribution is -2.48. The first-order valence-corrected chi connectivity index (χ1v) is 11.4. The number of piperidine rings is 1. The van der Waals surface area contributed by atoms with Crippen LogP contribution in [0.2, 0.25) is 0 Å². The zero-order chi connectivity index (χ0) is 22.1. The Bertz CT molecular complexity index is 768. The van der Waals surface area contributed by atoms with Crippen molar-refractivity contribution in [2.24, 2.45) is 16.6 Å². The zero-order valence-electron chi connectivity index (χ0n) is 18.4. The molecule has 1 saturated carbocycles. The van der Waals surface area contributed by atoms with E-state index in [4.69, 9.17) is 10.5 Å². The van der Waals surface area contributed by atoms with E-state index in [1.54, 1.807) is 4.90 Å². The topological polar surface area (TPSA) is 109 Å². The van der Waals surface area contributed by atoms with Crippen LogP contribution in [0.25, 0.3) is 0 Å². The molecule has 2 aliphatic rings. The number of likely N-dealkylation sites (tertiary alicyclic amines) is 1. The number of nitrogens with two attached hydrogens (primary N) is 1. The molecule has 1 aromatic carbocycles. The van der Waals surface area contributed by atoms with Crippen molar-refractivity contribution in [3.05, 3.63) is 29.8 Å². The summed E-state index contributed by atoms with van der Waals surface area (Å²) in [5.41, 5.74) is 7.87. The molecule has 1 saturated heterocycles. The van der Waals surface area contributed by atoms with E-state index in [1.165, 1.54) is 6.42 Å². The van der Waals surface area contributed by atoms with Gasteiger partial charge in [-0.3, -0.25) is 4.79 Å². The Morgan fingerprint density at radius 2 is 1.90 bits per heavy atom. The van der Waals surface area contributed by atoms with Gasteiger partial charge in [-0.15, -0.1) is 0 Å². The van der Waals surface area contributed by atoms with Gasteiger partial charge >= 0.3 is 6.09 Å². The van der Waals surface area contributed by atoms with Gasteiger partial charge in [0.2, 0.25) is 5.91 Å². The highest BCUT2D eigenvalue weighted by Gasteiger charge is 2.24. The molecule has 8 nitrogen and oxygen atoms in total. The molecule has 0 atom stereocenters. The van der Waals surface area contributed by atoms with Crippen molar-refractivity contribution in [1.29, 1.82) is 0 Å². The number of anilines is 1. The quantitative estimate of drug-likeness (QED) is 0.475. The second-order valence-electron chi connectivity index (χ2n) is 8.33. The van der Waals surface area contributed by atoms with Gasteiger partial charge in [0.15, 0.2) is 5.96 Å². The number of carbonyl (C=O) groups excluding carboxylic acids is 2. The van der Waals surface area contributed by atoms with Crippen LogP contribution in [0.1, 0.15) is 57.4 Å². The minimum absolute atomic E-state index is 0.121. The van der Waals surface area contributed by atoms with E-state index in [0.717, 1.165) is 49.8 Å². The molecule has 0 unspecified atom stereocenters. The van der Waals surface area contributed by atoms with Gasteiger partial charge in [-0.2, -0.15) is 0 Å². The van der Waals surface area contributed by atoms with E-state index in [2.05, 4.69) is 15.6 Å². The minimum Gasteiger partial charge on any atom is -0.450 e. The summed E-state index contributed by atoms with van der Waals surface area (Å²) in [4.78, 5) is 30.4. The number of carbonyl (C=O) groups is 2. The second kappa shape index (κ2) is 11.6. The van der Waals surface area contributed by atoms with Gasteiger partial charge in [0.05, 0.1) is 13.2 Å². The lowest BCUT2D eigenvalue weighted by molar-refractivity contribution is -0.120. The van der Waals surface area contributed by atoms with E-state index in [1.807, 2.05) is 31.2 Å². The summed E-state index contributed by atoms with van der Waals surface area (Å²) in [5.74, 6) is 0.646. The van der Waals surface area contributed by atoms with Crippen LogP contribution in [0, 0.1) is 5.92 Å². The third-order valence-corrected chi connectivity index (χ3v) is 5.98. The molecule has 31 heavy (non-hydrogen) atoms. The fraction of sp³-hybridized carbons (Fsp3) is 0.609. The Balaban J connectivity index is 1.45. The summed E-state index contributed by atoms with van der Waals surface area (Å²) in [6.07, 6.45) is 6.83. The molecular weight excluding hydrogens is 394 g/mol. The number of ether oxygens (including phenoxy) is 1. The Labute approximate surface area is 184 Å². The number of hydrogen-bond donors (Lipinski definition) is 3. The Morgan fingerprint density at radius 1 is 1.16 bits per heavy atom. The van der Waals surface area contributed by atoms with Crippen LogP contribution >= 0.6 is 0 Å². The Hall–Kier alpha value is -2.77. The predicted molar refractivity (Wildman–Crippen MR) is 122 cm³/mol. The van der Waals surface area contributed by atoms with E-state index in [0.29, 0.717) is 32.2 Å². The van der Waals surface area contributed by atoms with Crippen LogP contribution < -0.4 is 16.4 Å². The van der Waals surface area contributed by atoms with Gasteiger partial charge in [0, 0.05) is 30.7 Å². The third kappa shape index (κ3) is 7.15. The molecule has 1 aliphatic carbocycles. The van der Waals surface area contributed by atoms with Crippen LogP contribution in [0.3, 0.4) is 0 Å². The Morgan fingerprint density at radius 3 is 2.61 bits per heavy atom. The predicted octanol–water partition coefficient (Wildman–Crippen LogP) is 3.23. The molecule has 3 rings (SSSR count). The first-order valence-electron chi connectivity index (χ1n) is 11.4. The van der Waals surface area contributed by atoms with Gasteiger partial charge in [-0.25, -0.2) is 9.79 Å². The van der Waals surface area contributed by atoms with Crippen molar-refractivity contribution in [3.8, 4) is 0 Å². The molecule has 0 bridgehead atoms. The average molecular weight is 430 g/mol. The van der Waals surface area contributed by atoms with Crippen molar-refractivity contribution >= 4 is 23.6 Å². The van der Waals surface area contributed by atoms with Gasteiger partial charge in [0.25, 0.3) is 0 Å². The molecule has 0 radical (unpaired) electrons. The number of guanidine groups is 1. The molecule has 1 aromatic rings. The van der Waals surface area contributed by atoms with Crippen molar-refractivity contribution in [2.75, 3.05) is 25.0 Å². The SMILES string of the molecule is CCOC(=O)N1CCC(NC(N)=NCc2cccc(NC(=O)C3CCCCC3)c2)CC1. The molecule has 1 heterocycles. The van der Waals surface area contributed by atoms with Crippen LogP contribution in [-0.2, 0) is 16.1 Å². The van der Waals surface area contributed by atoms with Crippen molar-refractivity contribution < 1.29 is 14.3 Å². The first-order chi connectivity index (χ1) is 15.0. The molecule has 0 spiro atoms. The number of amides is 2. The summed E-state index contributed by atoms with van der Waals surface area (Å²) in [6, 6.07) is 7.96. The molecule has 0 aromatic heterocycles. The highest BCUT2D eigenvalue weighted by molar-refractivity contribution is 5.92. The molecule has 2 amide bonds. The zero-order valence-corrected chi connectivity index (χ0v) is 18.4. The summed E-state index contributed by atoms with van der Waals surface area (Å²) >= 11 is 0. The first kappa shape index (κ1) is 22.9. The van der Waals surface area contributed by atoms with Crippen LogP contribution in [0.4, 0.5) is 10.5 Å². The summed E-state index contributed by atoms with van der Waals surface area (Å²) in [6.45, 7) is 3.93. The third-order valence-electron chi connectivity index (χ3n) is 5.98. The summed E-state index contributed by atoms with van der Waals surface area (Å²) < 4.78 is 5.05. The highest BCUT2D eigenvalue weighted by atomic mass is 16.6. The van der Waals surface area contributed by atoms with E-state index < -0.39 is 0 Å². The standard InChI is InChI=1S/C23H35N5O3/c1-2-31-23(30)28-13-11-19(12-14-28)27-22(24)25-16-17-7-6-10-20(15-17)26-21(29)18-8-4-3-5-9-18/h6-7,10,15,18-19H,2-5,8-9,11-14,16H2,1H3,(H,26,29)(H3,24,25,27). The molecule has 1 aliphatic heterocycles. The number of hydrogen-bond acceptors (Lipinski definition) is 4. The Kier molecular flexibility index (Phi) is 8.55. The minimum atomic E-state index is -0.252. The fourth-order valence-corrected chi connectivity index (χ4v) is 4.21. The van der Waals surface area contributed by atoms with Crippen molar-refractivity contribution in [1.82, 2.24) is 10.2 Å². The maximum absolute atomic E-state index is 12.5.